The third-order valence-electron chi connectivity index (χ3n) is 5.24. The third-order valence-corrected chi connectivity index (χ3v) is 5.24. The first kappa shape index (κ1) is 13.6. The maximum atomic E-state index is 9.98. The SMILES string of the molecule is CC1(C)CC(CC2CCC3(CCCC3)O2)=CC(O)C1. The van der Waals surface area contributed by atoms with Crippen molar-refractivity contribution in [3.63, 3.8) is 0 Å². The van der Waals surface area contributed by atoms with E-state index in [2.05, 4.69) is 19.9 Å². The summed E-state index contributed by atoms with van der Waals surface area (Å²) in [5.74, 6) is 0. The molecule has 3 rings (SSSR count). The monoisotopic (exact) mass is 264 g/mol. The van der Waals surface area contributed by atoms with Gasteiger partial charge in [-0.3, -0.25) is 0 Å². The molecule has 1 spiro atoms. The van der Waals surface area contributed by atoms with Gasteiger partial charge < -0.3 is 9.84 Å². The van der Waals surface area contributed by atoms with E-state index in [1.54, 1.807) is 0 Å². The Bertz CT molecular complexity index is 363. The van der Waals surface area contributed by atoms with Crippen LogP contribution in [0.2, 0.25) is 0 Å². The van der Waals surface area contributed by atoms with Gasteiger partial charge in [-0.2, -0.15) is 0 Å². The topological polar surface area (TPSA) is 29.5 Å². The lowest BCUT2D eigenvalue weighted by Gasteiger charge is -2.33. The molecule has 2 atom stereocenters. The van der Waals surface area contributed by atoms with Gasteiger partial charge in [-0.15, -0.1) is 0 Å². The third kappa shape index (κ3) is 3.05. The largest absolute Gasteiger partial charge is 0.389 e. The molecule has 1 aliphatic heterocycles. The Morgan fingerprint density at radius 1 is 1.26 bits per heavy atom. The first-order chi connectivity index (χ1) is 8.96. The maximum absolute atomic E-state index is 9.98. The second-order valence-corrected chi connectivity index (χ2v) is 7.81. The zero-order chi connectivity index (χ0) is 13.5. The van der Waals surface area contributed by atoms with E-state index in [1.807, 2.05) is 0 Å². The van der Waals surface area contributed by atoms with E-state index in [0.717, 1.165) is 19.3 Å². The van der Waals surface area contributed by atoms with Crippen LogP contribution in [0.15, 0.2) is 11.6 Å². The molecule has 1 heterocycles. The summed E-state index contributed by atoms with van der Waals surface area (Å²) < 4.78 is 6.39. The van der Waals surface area contributed by atoms with Crippen molar-refractivity contribution in [2.24, 2.45) is 5.41 Å². The minimum atomic E-state index is -0.249. The molecule has 0 aromatic rings. The van der Waals surface area contributed by atoms with Crippen molar-refractivity contribution < 1.29 is 9.84 Å². The Labute approximate surface area is 117 Å². The van der Waals surface area contributed by atoms with Crippen molar-refractivity contribution in [1.82, 2.24) is 0 Å². The van der Waals surface area contributed by atoms with E-state index in [9.17, 15) is 5.11 Å². The highest BCUT2D eigenvalue weighted by Crippen LogP contribution is 2.46. The minimum absolute atomic E-state index is 0.243. The normalized spacial score (nSPS) is 36.7. The Kier molecular flexibility index (Phi) is 3.51. The predicted molar refractivity (Wildman–Crippen MR) is 77.0 cm³/mol. The van der Waals surface area contributed by atoms with Crippen LogP contribution in [0.5, 0.6) is 0 Å². The number of aliphatic hydroxyl groups excluding tert-OH is 1. The number of aliphatic hydroxyl groups is 1. The molecule has 0 radical (unpaired) electrons. The molecule has 2 nitrogen and oxygen atoms in total. The average Bonchev–Trinajstić information content (AvgIpc) is 2.87. The predicted octanol–water partition coefficient (Wildman–Crippen LogP) is 3.98. The number of rotatable bonds is 2. The highest BCUT2D eigenvalue weighted by molar-refractivity contribution is 5.14. The molecular weight excluding hydrogens is 236 g/mol. The molecule has 1 N–H and O–H groups in total. The molecular formula is C17H28O2. The van der Waals surface area contributed by atoms with E-state index in [0.29, 0.717) is 6.10 Å². The lowest BCUT2D eigenvalue weighted by Crippen LogP contribution is -2.28. The van der Waals surface area contributed by atoms with Gasteiger partial charge in [0.05, 0.1) is 17.8 Å². The van der Waals surface area contributed by atoms with Crippen molar-refractivity contribution in [3.8, 4) is 0 Å². The molecule has 108 valence electrons. The van der Waals surface area contributed by atoms with Crippen LogP contribution in [0.1, 0.15) is 71.6 Å². The van der Waals surface area contributed by atoms with Crippen molar-refractivity contribution in [2.45, 2.75) is 89.4 Å². The average molecular weight is 264 g/mol. The quantitative estimate of drug-likeness (QED) is 0.765. The van der Waals surface area contributed by atoms with Crippen LogP contribution in [0, 0.1) is 5.41 Å². The maximum Gasteiger partial charge on any atom is 0.0728 e. The standard InChI is InChI=1S/C17H28O2/c1-16(2)11-13(9-14(18)12-16)10-15-5-8-17(19-15)6-3-4-7-17/h9,14-15,18H,3-8,10-12H2,1-2H3. The van der Waals surface area contributed by atoms with Crippen molar-refractivity contribution in [1.29, 1.82) is 0 Å². The van der Waals surface area contributed by atoms with Gasteiger partial charge in [0.25, 0.3) is 0 Å². The number of ether oxygens (including phenoxy) is 1. The molecule has 0 aromatic carbocycles. The summed E-state index contributed by atoms with van der Waals surface area (Å²) in [4.78, 5) is 0. The highest BCUT2D eigenvalue weighted by Gasteiger charge is 2.42. The molecule has 2 heteroatoms. The first-order valence-corrected chi connectivity index (χ1v) is 8.02. The lowest BCUT2D eigenvalue weighted by molar-refractivity contribution is -0.0364. The van der Waals surface area contributed by atoms with Crippen LogP contribution in [0.3, 0.4) is 0 Å². The van der Waals surface area contributed by atoms with Crippen LogP contribution in [-0.2, 0) is 4.74 Å². The molecule has 1 saturated carbocycles. The van der Waals surface area contributed by atoms with Crippen LogP contribution >= 0.6 is 0 Å². The van der Waals surface area contributed by atoms with Gasteiger partial charge in [-0.1, -0.05) is 38.3 Å². The highest BCUT2D eigenvalue weighted by atomic mass is 16.5. The van der Waals surface area contributed by atoms with Crippen molar-refractivity contribution >= 4 is 0 Å². The Hall–Kier alpha value is -0.340. The molecule has 2 aliphatic carbocycles. The van der Waals surface area contributed by atoms with Gasteiger partial charge in [-0.05, 0) is 50.4 Å². The van der Waals surface area contributed by atoms with Crippen LogP contribution < -0.4 is 0 Å². The van der Waals surface area contributed by atoms with Crippen LogP contribution in [-0.4, -0.2) is 22.9 Å². The van der Waals surface area contributed by atoms with E-state index < -0.39 is 0 Å². The fourth-order valence-corrected chi connectivity index (χ4v) is 4.50. The summed E-state index contributed by atoms with van der Waals surface area (Å²) in [7, 11) is 0. The molecule has 0 amide bonds. The Morgan fingerprint density at radius 2 is 2.00 bits per heavy atom. The Balaban J connectivity index is 1.60. The number of hydrogen-bond donors (Lipinski definition) is 1. The van der Waals surface area contributed by atoms with Gasteiger partial charge in [0.2, 0.25) is 0 Å². The van der Waals surface area contributed by atoms with E-state index in [1.165, 1.54) is 44.1 Å². The smallest absolute Gasteiger partial charge is 0.0728 e. The van der Waals surface area contributed by atoms with E-state index in [4.69, 9.17) is 4.74 Å². The van der Waals surface area contributed by atoms with Gasteiger partial charge in [0, 0.05) is 0 Å². The summed E-state index contributed by atoms with van der Waals surface area (Å²) >= 11 is 0. The Morgan fingerprint density at radius 3 is 2.68 bits per heavy atom. The molecule has 3 aliphatic rings. The molecule has 0 aromatic heterocycles. The zero-order valence-corrected chi connectivity index (χ0v) is 12.5. The van der Waals surface area contributed by atoms with Crippen molar-refractivity contribution in [3.05, 3.63) is 11.6 Å². The molecule has 2 unspecified atom stereocenters. The van der Waals surface area contributed by atoms with Gasteiger partial charge in [-0.25, -0.2) is 0 Å². The lowest BCUT2D eigenvalue weighted by atomic mass is 9.75. The molecule has 2 fully saturated rings. The first-order valence-electron chi connectivity index (χ1n) is 8.02. The summed E-state index contributed by atoms with van der Waals surface area (Å²) in [6.45, 7) is 4.52. The van der Waals surface area contributed by atoms with Gasteiger partial charge in [0.1, 0.15) is 0 Å². The van der Waals surface area contributed by atoms with Crippen molar-refractivity contribution in [2.75, 3.05) is 0 Å². The van der Waals surface area contributed by atoms with Gasteiger partial charge >= 0.3 is 0 Å². The van der Waals surface area contributed by atoms with E-state index >= 15 is 0 Å². The summed E-state index contributed by atoms with van der Waals surface area (Å²) in [5, 5.41) is 9.98. The molecule has 1 saturated heterocycles. The fraction of sp³-hybridized carbons (Fsp3) is 0.882. The number of hydrogen-bond acceptors (Lipinski definition) is 2. The zero-order valence-electron chi connectivity index (χ0n) is 12.5. The van der Waals surface area contributed by atoms with Crippen LogP contribution in [0.4, 0.5) is 0 Å². The second-order valence-electron chi connectivity index (χ2n) is 7.81. The summed E-state index contributed by atoms with van der Waals surface area (Å²) in [5.41, 5.74) is 1.91. The van der Waals surface area contributed by atoms with Crippen LogP contribution in [0.25, 0.3) is 0 Å². The summed E-state index contributed by atoms with van der Waals surface area (Å²) in [6.07, 6.45) is 13.0. The molecule has 19 heavy (non-hydrogen) atoms. The minimum Gasteiger partial charge on any atom is -0.389 e. The molecule has 0 bridgehead atoms. The van der Waals surface area contributed by atoms with Gasteiger partial charge in [0.15, 0.2) is 0 Å². The summed E-state index contributed by atoms with van der Waals surface area (Å²) in [6, 6.07) is 0. The van der Waals surface area contributed by atoms with E-state index in [-0.39, 0.29) is 17.1 Å². The fourth-order valence-electron chi connectivity index (χ4n) is 4.50. The second kappa shape index (κ2) is 4.89.